The van der Waals surface area contributed by atoms with Crippen LogP contribution in [0.25, 0.3) is 16.5 Å². The minimum Gasteiger partial charge on any atom is -0.310 e. The molecule has 0 aromatic carbocycles. The SMILES string of the molecule is CCCC(CCC)C(=O)Nc1cc(-c2cccs2)nn1-c1nc2c(c(=O)[nH]1)CCC2. The molecule has 0 fully saturated rings. The second-order valence-corrected chi connectivity index (χ2v) is 8.68. The number of fused-ring (bicyclic) bond motifs is 1. The fourth-order valence-electron chi connectivity index (χ4n) is 4.04. The summed E-state index contributed by atoms with van der Waals surface area (Å²) in [7, 11) is 0. The molecule has 0 atom stereocenters. The molecule has 3 heterocycles. The number of nitrogens with one attached hydrogen (secondary N) is 2. The molecule has 0 spiro atoms. The summed E-state index contributed by atoms with van der Waals surface area (Å²) >= 11 is 1.58. The third-order valence-electron chi connectivity index (χ3n) is 5.51. The van der Waals surface area contributed by atoms with Gasteiger partial charge in [0.05, 0.1) is 10.6 Å². The summed E-state index contributed by atoms with van der Waals surface area (Å²) in [6, 6.07) is 5.80. The number of amides is 1. The van der Waals surface area contributed by atoms with Gasteiger partial charge < -0.3 is 5.32 Å². The maximum Gasteiger partial charge on any atom is 0.255 e. The van der Waals surface area contributed by atoms with Crippen LogP contribution in [0.2, 0.25) is 0 Å². The van der Waals surface area contributed by atoms with Gasteiger partial charge in [0.15, 0.2) is 0 Å². The van der Waals surface area contributed by atoms with Crippen molar-refractivity contribution in [3.8, 4) is 16.5 Å². The molecule has 3 aromatic heterocycles. The molecule has 0 saturated heterocycles. The van der Waals surface area contributed by atoms with Crippen LogP contribution in [0.3, 0.4) is 0 Å². The summed E-state index contributed by atoms with van der Waals surface area (Å²) in [6.07, 6.45) is 6.10. The summed E-state index contributed by atoms with van der Waals surface area (Å²) in [5.41, 5.74) is 2.22. The molecule has 3 aromatic rings. The summed E-state index contributed by atoms with van der Waals surface area (Å²) in [4.78, 5) is 34.0. The van der Waals surface area contributed by atoms with E-state index in [1.165, 1.54) is 0 Å². The first-order valence-electron chi connectivity index (χ1n) is 10.7. The highest BCUT2D eigenvalue weighted by atomic mass is 32.1. The summed E-state index contributed by atoms with van der Waals surface area (Å²) in [5, 5.41) is 9.71. The summed E-state index contributed by atoms with van der Waals surface area (Å²) in [6.45, 7) is 4.18. The third kappa shape index (κ3) is 4.09. The van der Waals surface area contributed by atoms with Gasteiger partial charge in [-0.2, -0.15) is 9.78 Å². The van der Waals surface area contributed by atoms with Crippen LogP contribution in [0.15, 0.2) is 28.4 Å². The molecule has 0 unspecified atom stereocenters. The molecule has 8 heteroatoms. The van der Waals surface area contributed by atoms with E-state index in [-0.39, 0.29) is 17.4 Å². The van der Waals surface area contributed by atoms with E-state index in [1.54, 1.807) is 16.0 Å². The van der Waals surface area contributed by atoms with Crippen LogP contribution >= 0.6 is 11.3 Å². The second-order valence-electron chi connectivity index (χ2n) is 7.74. The van der Waals surface area contributed by atoms with Crippen LogP contribution in [0.4, 0.5) is 5.82 Å². The maximum absolute atomic E-state index is 13.0. The van der Waals surface area contributed by atoms with Gasteiger partial charge in [-0.25, -0.2) is 4.98 Å². The van der Waals surface area contributed by atoms with Gasteiger partial charge in [-0.15, -0.1) is 11.3 Å². The number of hydrogen-bond donors (Lipinski definition) is 2. The molecule has 0 radical (unpaired) electrons. The highest BCUT2D eigenvalue weighted by molar-refractivity contribution is 7.13. The van der Waals surface area contributed by atoms with E-state index in [9.17, 15) is 9.59 Å². The molecule has 0 saturated carbocycles. The van der Waals surface area contributed by atoms with Crippen LogP contribution in [-0.2, 0) is 17.6 Å². The molecule has 0 aliphatic heterocycles. The van der Waals surface area contributed by atoms with Crippen molar-refractivity contribution >= 4 is 23.1 Å². The van der Waals surface area contributed by atoms with E-state index in [0.29, 0.717) is 11.8 Å². The third-order valence-corrected chi connectivity index (χ3v) is 6.40. The predicted octanol–water partition coefficient (Wildman–Crippen LogP) is 4.33. The molecule has 158 valence electrons. The van der Waals surface area contributed by atoms with Crippen molar-refractivity contribution in [1.29, 1.82) is 0 Å². The lowest BCUT2D eigenvalue weighted by atomic mass is 9.97. The van der Waals surface area contributed by atoms with Gasteiger partial charge in [0.2, 0.25) is 11.9 Å². The number of aryl methyl sites for hydroxylation is 1. The molecule has 7 nitrogen and oxygen atoms in total. The van der Waals surface area contributed by atoms with Crippen LogP contribution in [0, 0.1) is 5.92 Å². The minimum atomic E-state index is -0.118. The number of thiophene rings is 1. The number of nitrogens with zero attached hydrogens (tertiary/aromatic N) is 3. The lowest BCUT2D eigenvalue weighted by Gasteiger charge is -2.15. The Labute approximate surface area is 179 Å². The van der Waals surface area contributed by atoms with Gasteiger partial charge in [0.1, 0.15) is 11.5 Å². The predicted molar refractivity (Wildman–Crippen MR) is 119 cm³/mol. The van der Waals surface area contributed by atoms with Gasteiger partial charge in [0, 0.05) is 17.5 Å². The topological polar surface area (TPSA) is 92.7 Å². The van der Waals surface area contributed by atoms with Crippen molar-refractivity contribution in [3.63, 3.8) is 0 Å². The molecule has 4 rings (SSSR count). The molecule has 1 amide bonds. The van der Waals surface area contributed by atoms with Crippen molar-refractivity contribution in [2.45, 2.75) is 58.8 Å². The molecular weight excluding hydrogens is 398 g/mol. The Kier molecular flexibility index (Phi) is 6.13. The average Bonchev–Trinajstić information content (AvgIpc) is 3.47. The first kappa shape index (κ1) is 20.5. The number of hydrogen-bond acceptors (Lipinski definition) is 5. The van der Waals surface area contributed by atoms with Crippen molar-refractivity contribution in [3.05, 3.63) is 45.2 Å². The first-order chi connectivity index (χ1) is 14.6. The second kappa shape index (κ2) is 8.95. The van der Waals surface area contributed by atoms with E-state index in [4.69, 9.17) is 0 Å². The van der Waals surface area contributed by atoms with Gasteiger partial charge >= 0.3 is 0 Å². The summed E-state index contributed by atoms with van der Waals surface area (Å²) in [5.74, 6) is 0.824. The van der Waals surface area contributed by atoms with Crippen molar-refractivity contribution in [2.24, 2.45) is 5.92 Å². The Balaban J connectivity index is 1.73. The standard InChI is InChI=1S/C22H27N5O2S/c1-3-7-14(8-4-2)20(28)24-19-13-17(18-11-6-12-30-18)26-27(19)22-23-16-10-5-9-15(16)21(29)25-22/h6,11-14H,3-5,7-10H2,1-2H3,(H,24,28)(H,23,25,29). The van der Waals surface area contributed by atoms with Crippen LogP contribution in [0.5, 0.6) is 0 Å². The van der Waals surface area contributed by atoms with E-state index >= 15 is 0 Å². The molecule has 1 aliphatic carbocycles. The number of aromatic nitrogens is 4. The van der Waals surface area contributed by atoms with Crippen molar-refractivity contribution in [2.75, 3.05) is 5.32 Å². The lowest BCUT2D eigenvalue weighted by Crippen LogP contribution is -2.25. The normalized spacial score (nSPS) is 13.0. The number of rotatable bonds is 8. The smallest absolute Gasteiger partial charge is 0.255 e. The molecule has 1 aliphatic rings. The number of carbonyl (C=O) groups excluding carboxylic acids is 1. The van der Waals surface area contributed by atoms with Gasteiger partial charge in [0.25, 0.3) is 5.56 Å². The van der Waals surface area contributed by atoms with E-state index < -0.39 is 0 Å². The monoisotopic (exact) mass is 425 g/mol. The van der Waals surface area contributed by atoms with Crippen LogP contribution in [-0.4, -0.2) is 25.7 Å². The fraction of sp³-hybridized carbons (Fsp3) is 0.455. The first-order valence-corrected chi connectivity index (χ1v) is 11.6. The number of aromatic amines is 1. The van der Waals surface area contributed by atoms with E-state index in [1.807, 2.05) is 23.6 Å². The Morgan fingerprint density at radius 1 is 1.30 bits per heavy atom. The Morgan fingerprint density at radius 2 is 2.10 bits per heavy atom. The maximum atomic E-state index is 13.0. The molecule has 30 heavy (non-hydrogen) atoms. The Morgan fingerprint density at radius 3 is 2.80 bits per heavy atom. The van der Waals surface area contributed by atoms with Crippen molar-refractivity contribution in [1.82, 2.24) is 19.7 Å². The van der Waals surface area contributed by atoms with Gasteiger partial charge in [-0.3, -0.25) is 14.6 Å². The molecule has 0 bridgehead atoms. The fourth-order valence-corrected chi connectivity index (χ4v) is 4.72. The Bertz CT molecular complexity index is 1080. The van der Waals surface area contributed by atoms with Crippen LogP contribution in [0.1, 0.15) is 57.2 Å². The average molecular weight is 426 g/mol. The highest BCUT2D eigenvalue weighted by Gasteiger charge is 2.23. The zero-order chi connectivity index (χ0) is 21.1. The van der Waals surface area contributed by atoms with Crippen molar-refractivity contribution < 1.29 is 4.79 Å². The quantitative estimate of drug-likeness (QED) is 0.562. The summed E-state index contributed by atoms with van der Waals surface area (Å²) < 4.78 is 1.56. The molecule has 2 N–H and O–H groups in total. The van der Waals surface area contributed by atoms with Crippen LogP contribution < -0.4 is 10.9 Å². The van der Waals surface area contributed by atoms with Gasteiger partial charge in [-0.1, -0.05) is 32.8 Å². The number of anilines is 1. The number of H-pyrrole nitrogens is 1. The van der Waals surface area contributed by atoms with E-state index in [2.05, 4.69) is 34.2 Å². The molecular formula is C22H27N5O2S. The minimum absolute atomic E-state index is 0.0129. The van der Waals surface area contributed by atoms with E-state index in [0.717, 1.165) is 66.8 Å². The van der Waals surface area contributed by atoms with Gasteiger partial charge in [-0.05, 0) is 43.6 Å². The number of carbonyl (C=O) groups is 1. The Hall–Kier alpha value is -2.74. The highest BCUT2D eigenvalue weighted by Crippen LogP contribution is 2.28. The zero-order valence-corrected chi connectivity index (χ0v) is 18.2. The lowest BCUT2D eigenvalue weighted by molar-refractivity contribution is -0.120. The largest absolute Gasteiger partial charge is 0.310 e. The zero-order valence-electron chi connectivity index (χ0n) is 17.4.